The molecule has 1 atom stereocenters. The van der Waals surface area contributed by atoms with E-state index >= 15 is 0 Å². The maximum Gasteiger partial charge on any atom is 0.335 e. The van der Waals surface area contributed by atoms with E-state index in [1.54, 1.807) is 12.1 Å². The highest BCUT2D eigenvalue weighted by Gasteiger charge is 2.31. The summed E-state index contributed by atoms with van der Waals surface area (Å²) in [5, 5.41) is 9.19. The van der Waals surface area contributed by atoms with Crippen LogP contribution in [0.1, 0.15) is 47.8 Å². The van der Waals surface area contributed by atoms with Gasteiger partial charge in [-0.3, -0.25) is 0 Å². The first-order valence-electron chi connectivity index (χ1n) is 7.57. The van der Waals surface area contributed by atoms with E-state index in [0.717, 1.165) is 42.9 Å². The smallest absolute Gasteiger partial charge is 0.335 e. The molecule has 1 aliphatic carbocycles. The van der Waals surface area contributed by atoms with Gasteiger partial charge in [0.15, 0.2) is 0 Å². The molecule has 1 saturated carbocycles. The summed E-state index contributed by atoms with van der Waals surface area (Å²) in [6, 6.07) is 5.19. The lowest BCUT2D eigenvalue weighted by atomic mass is 10.2. The lowest BCUT2D eigenvalue weighted by Crippen LogP contribution is -2.16. The van der Waals surface area contributed by atoms with Gasteiger partial charge in [0.25, 0.3) is 0 Å². The average molecular weight is 286 g/mol. The van der Waals surface area contributed by atoms with E-state index in [9.17, 15) is 9.90 Å². The SMILES string of the molecule is O=C(O)c1ccc2nc(C3CC3)n(CC3CCCO3)c2c1. The van der Waals surface area contributed by atoms with Crippen molar-refractivity contribution in [2.24, 2.45) is 0 Å². The zero-order chi connectivity index (χ0) is 14.4. The highest BCUT2D eigenvalue weighted by Crippen LogP contribution is 2.41. The van der Waals surface area contributed by atoms with Crippen molar-refractivity contribution in [1.82, 2.24) is 9.55 Å². The van der Waals surface area contributed by atoms with Gasteiger partial charge in [0, 0.05) is 12.5 Å². The van der Waals surface area contributed by atoms with Crippen LogP contribution in [0.4, 0.5) is 0 Å². The molecule has 110 valence electrons. The number of carboxylic acid groups (broad SMARTS) is 1. The van der Waals surface area contributed by atoms with E-state index in [-0.39, 0.29) is 6.10 Å². The van der Waals surface area contributed by atoms with Gasteiger partial charge in [-0.1, -0.05) is 0 Å². The van der Waals surface area contributed by atoms with Gasteiger partial charge >= 0.3 is 5.97 Å². The molecule has 1 N–H and O–H groups in total. The van der Waals surface area contributed by atoms with Crippen molar-refractivity contribution in [3.05, 3.63) is 29.6 Å². The molecule has 0 spiro atoms. The van der Waals surface area contributed by atoms with E-state index in [1.807, 2.05) is 6.07 Å². The van der Waals surface area contributed by atoms with Crippen molar-refractivity contribution in [3.63, 3.8) is 0 Å². The third-order valence-electron chi connectivity index (χ3n) is 4.38. The van der Waals surface area contributed by atoms with Gasteiger partial charge in [0.05, 0.1) is 29.2 Å². The number of fused-ring (bicyclic) bond motifs is 1. The molecular weight excluding hydrogens is 268 g/mol. The van der Waals surface area contributed by atoms with Crippen molar-refractivity contribution in [2.45, 2.75) is 44.2 Å². The normalized spacial score (nSPS) is 22.0. The highest BCUT2D eigenvalue weighted by molar-refractivity contribution is 5.92. The van der Waals surface area contributed by atoms with Crippen molar-refractivity contribution in [3.8, 4) is 0 Å². The Morgan fingerprint density at radius 1 is 1.38 bits per heavy atom. The van der Waals surface area contributed by atoms with Crippen LogP contribution in [-0.4, -0.2) is 33.3 Å². The summed E-state index contributed by atoms with van der Waals surface area (Å²) >= 11 is 0. The molecule has 2 heterocycles. The van der Waals surface area contributed by atoms with Crippen LogP contribution >= 0.6 is 0 Å². The first-order chi connectivity index (χ1) is 10.2. The van der Waals surface area contributed by atoms with Crippen LogP contribution in [0.25, 0.3) is 11.0 Å². The molecule has 2 fully saturated rings. The quantitative estimate of drug-likeness (QED) is 0.938. The molecule has 1 aromatic heterocycles. The molecule has 2 aromatic rings. The predicted molar refractivity (Wildman–Crippen MR) is 77.6 cm³/mol. The third-order valence-corrected chi connectivity index (χ3v) is 4.38. The summed E-state index contributed by atoms with van der Waals surface area (Å²) in [5.74, 6) is 0.741. The van der Waals surface area contributed by atoms with Gasteiger partial charge < -0.3 is 14.4 Å². The molecule has 1 aliphatic heterocycles. The van der Waals surface area contributed by atoms with Gasteiger partial charge in [-0.2, -0.15) is 0 Å². The molecule has 5 heteroatoms. The van der Waals surface area contributed by atoms with Crippen molar-refractivity contribution in [2.75, 3.05) is 6.61 Å². The standard InChI is InChI=1S/C16H18N2O3/c19-16(20)11-5-6-13-14(8-11)18(9-12-2-1-7-21-12)15(17-13)10-3-4-10/h5-6,8,10,12H,1-4,7,9H2,(H,19,20). The number of ether oxygens (including phenoxy) is 1. The number of carbonyl (C=O) groups is 1. The van der Waals surface area contributed by atoms with Gasteiger partial charge in [0.2, 0.25) is 0 Å². The minimum Gasteiger partial charge on any atom is -0.478 e. The maximum atomic E-state index is 11.2. The van der Waals surface area contributed by atoms with Crippen molar-refractivity contribution in [1.29, 1.82) is 0 Å². The van der Waals surface area contributed by atoms with E-state index in [2.05, 4.69) is 4.57 Å². The highest BCUT2D eigenvalue weighted by atomic mass is 16.5. The van der Waals surface area contributed by atoms with Gasteiger partial charge in [-0.05, 0) is 43.9 Å². The lowest BCUT2D eigenvalue weighted by molar-refractivity contribution is 0.0697. The predicted octanol–water partition coefficient (Wildman–Crippen LogP) is 2.79. The Balaban J connectivity index is 1.80. The summed E-state index contributed by atoms with van der Waals surface area (Å²) in [6.07, 6.45) is 4.77. The van der Waals surface area contributed by atoms with Crippen LogP contribution < -0.4 is 0 Å². The van der Waals surface area contributed by atoms with E-state index in [4.69, 9.17) is 9.72 Å². The molecule has 5 nitrogen and oxygen atoms in total. The summed E-state index contributed by atoms with van der Waals surface area (Å²) < 4.78 is 7.93. The number of aromatic carboxylic acids is 1. The van der Waals surface area contributed by atoms with Crippen LogP contribution in [0.2, 0.25) is 0 Å². The minimum atomic E-state index is -0.894. The Morgan fingerprint density at radius 3 is 2.90 bits per heavy atom. The number of benzene rings is 1. The molecule has 1 unspecified atom stereocenters. The second kappa shape index (κ2) is 4.84. The van der Waals surface area contributed by atoms with Gasteiger partial charge in [-0.25, -0.2) is 9.78 Å². The second-order valence-electron chi connectivity index (χ2n) is 6.00. The molecule has 1 aromatic carbocycles. The van der Waals surface area contributed by atoms with Crippen LogP contribution in [-0.2, 0) is 11.3 Å². The van der Waals surface area contributed by atoms with Gasteiger partial charge in [-0.15, -0.1) is 0 Å². The fourth-order valence-electron chi connectivity index (χ4n) is 3.11. The molecule has 0 radical (unpaired) electrons. The summed E-state index contributed by atoms with van der Waals surface area (Å²) in [5.41, 5.74) is 2.13. The largest absolute Gasteiger partial charge is 0.478 e. The Labute approximate surface area is 122 Å². The topological polar surface area (TPSA) is 64.3 Å². The number of carboxylic acids is 1. The molecule has 4 rings (SSSR count). The molecule has 2 aliphatic rings. The number of imidazole rings is 1. The fraction of sp³-hybridized carbons (Fsp3) is 0.500. The lowest BCUT2D eigenvalue weighted by Gasteiger charge is -2.14. The third kappa shape index (κ3) is 2.31. The zero-order valence-electron chi connectivity index (χ0n) is 11.8. The van der Waals surface area contributed by atoms with Crippen molar-refractivity contribution < 1.29 is 14.6 Å². The number of aromatic nitrogens is 2. The van der Waals surface area contributed by atoms with Gasteiger partial charge in [0.1, 0.15) is 5.82 Å². The summed E-state index contributed by atoms with van der Waals surface area (Å²) in [6.45, 7) is 1.61. The maximum absolute atomic E-state index is 11.2. The number of nitrogens with zero attached hydrogens (tertiary/aromatic N) is 2. The average Bonchev–Trinajstić information content (AvgIpc) is 3.07. The first-order valence-corrected chi connectivity index (χ1v) is 7.57. The monoisotopic (exact) mass is 286 g/mol. The molecule has 0 bridgehead atoms. The van der Waals surface area contributed by atoms with Crippen LogP contribution in [0.15, 0.2) is 18.2 Å². The van der Waals surface area contributed by atoms with E-state index < -0.39 is 5.97 Å². The number of rotatable bonds is 4. The molecule has 1 saturated heterocycles. The summed E-state index contributed by atoms with van der Waals surface area (Å²) in [7, 11) is 0. The van der Waals surface area contributed by atoms with Crippen molar-refractivity contribution >= 4 is 17.0 Å². The summed E-state index contributed by atoms with van der Waals surface area (Å²) in [4.78, 5) is 15.9. The Hall–Kier alpha value is -1.88. The molecule has 21 heavy (non-hydrogen) atoms. The fourth-order valence-corrected chi connectivity index (χ4v) is 3.11. The first kappa shape index (κ1) is 12.8. The van der Waals surface area contributed by atoms with Crippen LogP contribution in [0.5, 0.6) is 0 Å². The van der Waals surface area contributed by atoms with Crippen LogP contribution in [0, 0.1) is 0 Å². The van der Waals surface area contributed by atoms with E-state index in [1.165, 1.54) is 12.8 Å². The Bertz CT molecular complexity index is 697. The molecule has 0 amide bonds. The Kier molecular flexibility index (Phi) is 2.96. The second-order valence-corrected chi connectivity index (χ2v) is 6.00. The minimum absolute atomic E-state index is 0.230. The van der Waals surface area contributed by atoms with Crippen LogP contribution in [0.3, 0.4) is 0 Å². The van der Waals surface area contributed by atoms with E-state index in [0.29, 0.717) is 11.5 Å². The number of hydrogen-bond acceptors (Lipinski definition) is 3. The Morgan fingerprint density at radius 2 is 2.24 bits per heavy atom. The molecular formula is C16H18N2O3. The number of hydrogen-bond donors (Lipinski definition) is 1. The zero-order valence-corrected chi connectivity index (χ0v) is 11.8.